The molecule has 1 fully saturated rings. The van der Waals surface area contributed by atoms with Gasteiger partial charge in [0.05, 0.1) is 6.42 Å². The monoisotopic (exact) mass is 263 g/mol. The third-order valence-corrected chi connectivity index (χ3v) is 3.13. The van der Waals surface area contributed by atoms with Gasteiger partial charge in [-0.2, -0.15) is 0 Å². The number of amides is 1. The van der Waals surface area contributed by atoms with Gasteiger partial charge in [-0.15, -0.1) is 0 Å². The van der Waals surface area contributed by atoms with Crippen LogP contribution in [0.1, 0.15) is 28.8 Å². The zero-order chi connectivity index (χ0) is 13.7. The second-order valence-electron chi connectivity index (χ2n) is 4.63. The molecule has 1 aliphatic heterocycles. The fourth-order valence-electron chi connectivity index (χ4n) is 2.06. The zero-order valence-electron chi connectivity index (χ0n) is 10.6. The van der Waals surface area contributed by atoms with E-state index >= 15 is 0 Å². The fourth-order valence-corrected chi connectivity index (χ4v) is 2.06. The molecule has 1 aromatic rings. The lowest BCUT2D eigenvalue weighted by molar-refractivity contribution is -0.136. The molecule has 2 rings (SSSR count). The molecule has 1 saturated heterocycles. The molecule has 0 radical (unpaired) electrons. The summed E-state index contributed by atoms with van der Waals surface area (Å²) in [4.78, 5) is 22.5. The van der Waals surface area contributed by atoms with Crippen molar-refractivity contribution in [2.75, 3.05) is 13.2 Å². The van der Waals surface area contributed by atoms with E-state index in [0.29, 0.717) is 24.3 Å². The van der Waals surface area contributed by atoms with E-state index in [1.54, 1.807) is 24.3 Å². The zero-order valence-corrected chi connectivity index (χ0v) is 10.6. The van der Waals surface area contributed by atoms with E-state index in [1.807, 2.05) is 0 Å². The van der Waals surface area contributed by atoms with Crippen molar-refractivity contribution in [2.24, 2.45) is 0 Å². The van der Waals surface area contributed by atoms with Crippen LogP contribution in [-0.4, -0.2) is 36.2 Å². The van der Waals surface area contributed by atoms with Crippen molar-refractivity contribution in [1.29, 1.82) is 0 Å². The van der Waals surface area contributed by atoms with E-state index in [-0.39, 0.29) is 18.4 Å². The van der Waals surface area contributed by atoms with Crippen LogP contribution in [0.5, 0.6) is 0 Å². The molecule has 0 aromatic heterocycles. The van der Waals surface area contributed by atoms with Crippen molar-refractivity contribution in [3.05, 3.63) is 35.4 Å². The number of aliphatic carboxylic acids is 1. The number of benzene rings is 1. The molecule has 5 nitrogen and oxygen atoms in total. The number of carboxylic acids is 1. The van der Waals surface area contributed by atoms with Crippen LogP contribution in [0.15, 0.2) is 24.3 Å². The molecule has 1 heterocycles. The van der Waals surface area contributed by atoms with E-state index in [1.165, 1.54) is 0 Å². The lowest BCUT2D eigenvalue weighted by Crippen LogP contribution is -2.38. The van der Waals surface area contributed by atoms with Gasteiger partial charge >= 0.3 is 5.97 Å². The van der Waals surface area contributed by atoms with Crippen LogP contribution in [0.2, 0.25) is 0 Å². The van der Waals surface area contributed by atoms with Crippen molar-refractivity contribution < 1.29 is 19.4 Å². The molecular formula is C14H17NO4. The Morgan fingerprint density at radius 1 is 1.21 bits per heavy atom. The molecule has 5 heteroatoms. The maximum Gasteiger partial charge on any atom is 0.307 e. The van der Waals surface area contributed by atoms with Crippen molar-refractivity contribution in [1.82, 2.24) is 5.32 Å². The Balaban J connectivity index is 1.93. The third kappa shape index (κ3) is 4.06. The Morgan fingerprint density at radius 3 is 2.42 bits per heavy atom. The first kappa shape index (κ1) is 13.5. The molecule has 0 unspecified atom stereocenters. The SMILES string of the molecule is O=C(O)Cc1ccc(C(=O)NC2CCOCC2)cc1. The van der Waals surface area contributed by atoms with Crippen LogP contribution >= 0.6 is 0 Å². The van der Waals surface area contributed by atoms with Gasteiger partial charge in [0.25, 0.3) is 5.91 Å². The Hall–Kier alpha value is -1.88. The summed E-state index contributed by atoms with van der Waals surface area (Å²) in [5, 5.41) is 11.6. The summed E-state index contributed by atoms with van der Waals surface area (Å²) >= 11 is 0. The van der Waals surface area contributed by atoms with E-state index in [2.05, 4.69) is 5.32 Å². The summed E-state index contributed by atoms with van der Waals surface area (Å²) < 4.78 is 5.23. The summed E-state index contributed by atoms with van der Waals surface area (Å²) in [7, 11) is 0. The lowest BCUT2D eigenvalue weighted by atomic mass is 10.1. The predicted molar refractivity (Wildman–Crippen MR) is 69.1 cm³/mol. The quantitative estimate of drug-likeness (QED) is 0.856. The third-order valence-electron chi connectivity index (χ3n) is 3.13. The number of nitrogens with one attached hydrogen (secondary N) is 1. The first-order chi connectivity index (χ1) is 9.15. The minimum atomic E-state index is -0.876. The number of hydrogen-bond donors (Lipinski definition) is 2. The molecular weight excluding hydrogens is 246 g/mol. The fraction of sp³-hybridized carbons (Fsp3) is 0.429. The average Bonchev–Trinajstić information content (AvgIpc) is 2.40. The number of carboxylic acid groups (broad SMARTS) is 1. The largest absolute Gasteiger partial charge is 0.481 e. The van der Waals surface area contributed by atoms with Crippen molar-refractivity contribution in [2.45, 2.75) is 25.3 Å². The van der Waals surface area contributed by atoms with Gasteiger partial charge < -0.3 is 15.2 Å². The highest BCUT2D eigenvalue weighted by Crippen LogP contribution is 2.09. The Morgan fingerprint density at radius 2 is 1.84 bits per heavy atom. The minimum absolute atomic E-state index is 0.0259. The van der Waals surface area contributed by atoms with E-state index in [4.69, 9.17) is 9.84 Å². The number of carbonyl (C=O) groups excluding carboxylic acids is 1. The van der Waals surface area contributed by atoms with Gasteiger partial charge in [0, 0.05) is 24.8 Å². The van der Waals surface area contributed by atoms with Crippen molar-refractivity contribution in [3.63, 3.8) is 0 Å². The smallest absolute Gasteiger partial charge is 0.307 e. The lowest BCUT2D eigenvalue weighted by Gasteiger charge is -2.23. The first-order valence-electron chi connectivity index (χ1n) is 6.34. The van der Waals surface area contributed by atoms with Crippen LogP contribution in [0.4, 0.5) is 0 Å². The summed E-state index contributed by atoms with van der Waals surface area (Å²) in [5.74, 6) is -0.992. The molecule has 1 aliphatic rings. The second kappa shape index (κ2) is 6.33. The maximum absolute atomic E-state index is 12.0. The van der Waals surface area contributed by atoms with Gasteiger partial charge in [-0.3, -0.25) is 9.59 Å². The average molecular weight is 263 g/mol. The van der Waals surface area contributed by atoms with Gasteiger partial charge in [0.2, 0.25) is 0 Å². The van der Waals surface area contributed by atoms with E-state index in [0.717, 1.165) is 12.8 Å². The molecule has 0 aliphatic carbocycles. The topological polar surface area (TPSA) is 75.6 Å². The summed E-state index contributed by atoms with van der Waals surface area (Å²) in [6, 6.07) is 6.83. The Labute approximate surface area is 111 Å². The van der Waals surface area contributed by atoms with Gasteiger partial charge in [0.1, 0.15) is 0 Å². The predicted octanol–water partition coefficient (Wildman–Crippen LogP) is 1.22. The molecule has 2 N–H and O–H groups in total. The highest BCUT2D eigenvalue weighted by molar-refractivity contribution is 5.94. The summed E-state index contributed by atoms with van der Waals surface area (Å²) in [6.45, 7) is 1.37. The highest BCUT2D eigenvalue weighted by atomic mass is 16.5. The Kier molecular flexibility index (Phi) is 4.52. The van der Waals surface area contributed by atoms with E-state index in [9.17, 15) is 9.59 Å². The number of rotatable bonds is 4. The molecule has 0 saturated carbocycles. The molecule has 102 valence electrons. The first-order valence-corrected chi connectivity index (χ1v) is 6.34. The molecule has 1 amide bonds. The molecule has 0 bridgehead atoms. The maximum atomic E-state index is 12.0. The molecule has 1 aromatic carbocycles. The summed E-state index contributed by atoms with van der Waals surface area (Å²) in [6.07, 6.45) is 1.65. The highest BCUT2D eigenvalue weighted by Gasteiger charge is 2.16. The molecule has 0 spiro atoms. The number of carbonyl (C=O) groups is 2. The van der Waals surface area contributed by atoms with Crippen LogP contribution in [0.3, 0.4) is 0 Å². The van der Waals surface area contributed by atoms with Gasteiger partial charge in [-0.25, -0.2) is 0 Å². The normalized spacial score (nSPS) is 16.0. The Bertz CT molecular complexity index is 449. The van der Waals surface area contributed by atoms with Crippen LogP contribution in [-0.2, 0) is 16.0 Å². The van der Waals surface area contributed by atoms with Crippen molar-refractivity contribution in [3.8, 4) is 0 Å². The van der Waals surface area contributed by atoms with Gasteiger partial charge in [-0.05, 0) is 30.5 Å². The van der Waals surface area contributed by atoms with Crippen LogP contribution < -0.4 is 5.32 Å². The second-order valence-corrected chi connectivity index (χ2v) is 4.63. The summed E-state index contributed by atoms with van der Waals surface area (Å²) in [5.41, 5.74) is 1.25. The van der Waals surface area contributed by atoms with E-state index < -0.39 is 5.97 Å². The number of hydrogen-bond acceptors (Lipinski definition) is 3. The molecule has 0 atom stereocenters. The molecule has 19 heavy (non-hydrogen) atoms. The van der Waals surface area contributed by atoms with Crippen molar-refractivity contribution >= 4 is 11.9 Å². The van der Waals surface area contributed by atoms with Crippen LogP contribution in [0.25, 0.3) is 0 Å². The van der Waals surface area contributed by atoms with Gasteiger partial charge in [-0.1, -0.05) is 12.1 Å². The minimum Gasteiger partial charge on any atom is -0.481 e. The van der Waals surface area contributed by atoms with Crippen LogP contribution in [0, 0.1) is 0 Å². The number of ether oxygens (including phenoxy) is 1. The standard InChI is InChI=1S/C14H17NO4/c16-13(17)9-10-1-3-11(4-2-10)14(18)15-12-5-7-19-8-6-12/h1-4,12H,5-9H2,(H,15,18)(H,16,17). The van der Waals surface area contributed by atoms with Gasteiger partial charge in [0.15, 0.2) is 0 Å².